The summed E-state index contributed by atoms with van der Waals surface area (Å²) in [5.74, 6) is 0.701. The van der Waals surface area contributed by atoms with Gasteiger partial charge >= 0.3 is 0 Å². The number of hydrogen-bond donors (Lipinski definition) is 1. The molecular formula is C23H24N4O4S. The molecule has 1 atom stereocenters. The fraction of sp³-hybridized carbons (Fsp3) is 0.304. The number of para-hydroxylation sites is 1. The minimum absolute atomic E-state index is 0.0625. The van der Waals surface area contributed by atoms with Gasteiger partial charge in [-0.2, -0.15) is 0 Å². The zero-order valence-corrected chi connectivity index (χ0v) is 18.9. The van der Waals surface area contributed by atoms with Crippen molar-refractivity contribution in [3.63, 3.8) is 0 Å². The van der Waals surface area contributed by atoms with Gasteiger partial charge in [0.1, 0.15) is 16.5 Å². The summed E-state index contributed by atoms with van der Waals surface area (Å²) >= 11 is 1.29. The molecule has 2 heterocycles. The van der Waals surface area contributed by atoms with Crippen molar-refractivity contribution in [1.82, 2.24) is 10.2 Å². The zero-order chi connectivity index (χ0) is 22.7. The lowest BCUT2D eigenvalue weighted by Crippen LogP contribution is -2.25. The SMILES string of the molecule is CCc1ccccc1N1C[C@H](c2nnc(NC(=O)c3cc(OC)cc(OC)c3)s2)CC1=O. The van der Waals surface area contributed by atoms with E-state index in [1.807, 2.05) is 29.2 Å². The van der Waals surface area contributed by atoms with Crippen molar-refractivity contribution in [1.29, 1.82) is 0 Å². The Bertz CT molecular complexity index is 1120. The highest BCUT2D eigenvalue weighted by Gasteiger charge is 2.34. The maximum absolute atomic E-state index is 12.7. The topological polar surface area (TPSA) is 93.7 Å². The van der Waals surface area contributed by atoms with E-state index in [2.05, 4.69) is 22.4 Å². The van der Waals surface area contributed by atoms with Gasteiger partial charge in [-0.25, -0.2) is 0 Å². The van der Waals surface area contributed by atoms with Gasteiger partial charge in [0.15, 0.2) is 0 Å². The first-order valence-corrected chi connectivity index (χ1v) is 11.1. The summed E-state index contributed by atoms with van der Waals surface area (Å²) in [4.78, 5) is 27.2. The molecule has 32 heavy (non-hydrogen) atoms. The molecule has 0 saturated carbocycles. The van der Waals surface area contributed by atoms with Gasteiger partial charge in [0.05, 0.1) is 14.2 Å². The Kier molecular flexibility index (Phi) is 6.36. The molecule has 1 saturated heterocycles. The second-order valence-electron chi connectivity index (χ2n) is 7.39. The summed E-state index contributed by atoms with van der Waals surface area (Å²) in [6.45, 7) is 2.62. The molecule has 8 nitrogen and oxygen atoms in total. The molecule has 9 heteroatoms. The molecule has 1 N–H and O–H groups in total. The Labute approximate surface area is 190 Å². The largest absolute Gasteiger partial charge is 0.497 e. The lowest BCUT2D eigenvalue weighted by molar-refractivity contribution is -0.117. The van der Waals surface area contributed by atoms with Crippen LogP contribution in [0.15, 0.2) is 42.5 Å². The molecule has 0 bridgehead atoms. The quantitative estimate of drug-likeness (QED) is 0.585. The lowest BCUT2D eigenvalue weighted by atomic mass is 10.1. The highest BCUT2D eigenvalue weighted by molar-refractivity contribution is 7.15. The summed E-state index contributed by atoms with van der Waals surface area (Å²) in [5.41, 5.74) is 2.48. The van der Waals surface area contributed by atoms with Crippen LogP contribution < -0.4 is 19.7 Å². The number of amides is 2. The van der Waals surface area contributed by atoms with Crippen LogP contribution in [0.1, 0.15) is 40.2 Å². The van der Waals surface area contributed by atoms with E-state index in [4.69, 9.17) is 9.47 Å². The van der Waals surface area contributed by atoms with Crippen molar-refractivity contribution in [3.8, 4) is 11.5 Å². The molecule has 2 aromatic carbocycles. The van der Waals surface area contributed by atoms with E-state index in [9.17, 15) is 9.59 Å². The summed E-state index contributed by atoms with van der Waals surface area (Å²) < 4.78 is 10.4. The second kappa shape index (κ2) is 9.35. The number of nitrogens with zero attached hydrogens (tertiary/aromatic N) is 3. The normalized spacial score (nSPS) is 15.7. The predicted octanol–water partition coefficient (Wildman–Crippen LogP) is 3.89. The Hall–Kier alpha value is -3.46. The molecule has 4 rings (SSSR count). The average Bonchev–Trinajstić information content (AvgIpc) is 3.44. The van der Waals surface area contributed by atoms with Gasteiger partial charge in [-0.3, -0.25) is 14.9 Å². The highest BCUT2D eigenvalue weighted by atomic mass is 32.1. The summed E-state index contributed by atoms with van der Waals surface area (Å²) in [6, 6.07) is 12.9. The van der Waals surface area contributed by atoms with Crippen LogP contribution in [0, 0.1) is 0 Å². The van der Waals surface area contributed by atoms with Gasteiger partial charge in [-0.05, 0) is 30.2 Å². The van der Waals surface area contributed by atoms with Gasteiger partial charge in [-0.15, -0.1) is 10.2 Å². The van der Waals surface area contributed by atoms with Crippen LogP contribution in [0.3, 0.4) is 0 Å². The van der Waals surface area contributed by atoms with Gasteiger partial charge < -0.3 is 14.4 Å². The van der Waals surface area contributed by atoms with Crippen LogP contribution in [0.2, 0.25) is 0 Å². The molecule has 0 unspecified atom stereocenters. The summed E-state index contributed by atoms with van der Waals surface area (Å²) in [7, 11) is 3.05. The van der Waals surface area contributed by atoms with E-state index in [1.54, 1.807) is 18.2 Å². The smallest absolute Gasteiger partial charge is 0.257 e. The van der Waals surface area contributed by atoms with Crippen LogP contribution in [-0.2, 0) is 11.2 Å². The third kappa shape index (κ3) is 4.43. The van der Waals surface area contributed by atoms with E-state index in [0.717, 1.165) is 22.7 Å². The first-order chi connectivity index (χ1) is 15.5. The molecule has 0 radical (unpaired) electrons. The van der Waals surface area contributed by atoms with E-state index in [1.165, 1.54) is 25.6 Å². The van der Waals surface area contributed by atoms with E-state index < -0.39 is 0 Å². The fourth-order valence-corrected chi connectivity index (χ4v) is 4.57. The molecule has 0 spiro atoms. The van der Waals surface area contributed by atoms with Gasteiger partial charge in [0.25, 0.3) is 5.91 Å². The Morgan fingerprint density at radius 1 is 1.16 bits per heavy atom. The van der Waals surface area contributed by atoms with Crippen LogP contribution >= 0.6 is 11.3 Å². The lowest BCUT2D eigenvalue weighted by Gasteiger charge is -2.19. The number of methoxy groups -OCH3 is 2. The molecule has 0 aliphatic carbocycles. The molecule has 1 aromatic heterocycles. The van der Waals surface area contributed by atoms with Gasteiger partial charge in [-0.1, -0.05) is 36.5 Å². The average molecular weight is 453 g/mol. The summed E-state index contributed by atoms with van der Waals surface area (Å²) in [5, 5.41) is 12.2. The highest BCUT2D eigenvalue weighted by Crippen LogP contribution is 2.35. The zero-order valence-electron chi connectivity index (χ0n) is 18.1. The monoisotopic (exact) mass is 452 g/mol. The number of ether oxygens (including phenoxy) is 2. The maximum atomic E-state index is 12.7. The molecule has 1 aliphatic rings. The number of aryl methyl sites for hydroxylation is 1. The van der Waals surface area contributed by atoms with Crippen LogP contribution in [0.4, 0.5) is 10.8 Å². The number of nitrogens with one attached hydrogen (secondary N) is 1. The van der Waals surface area contributed by atoms with Crippen molar-refractivity contribution in [2.45, 2.75) is 25.7 Å². The molecule has 166 valence electrons. The van der Waals surface area contributed by atoms with Crippen LogP contribution in [0.25, 0.3) is 0 Å². The fourth-order valence-electron chi connectivity index (χ4n) is 3.74. The van der Waals surface area contributed by atoms with Crippen molar-refractivity contribution in [3.05, 3.63) is 58.6 Å². The third-order valence-corrected chi connectivity index (χ3v) is 6.41. The van der Waals surface area contributed by atoms with Crippen molar-refractivity contribution in [2.24, 2.45) is 0 Å². The summed E-state index contributed by atoms with van der Waals surface area (Å²) in [6.07, 6.45) is 1.22. The van der Waals surface area contributed by atoms with Crippen LogP contribution in [0.5, 0.6) is 11.5 Å². The first kappa shape index (κ1) is 21.8. The van der Waals surface area contributed by atoms with Crippen LogP contribution in [-0.4, -0.2) is 42.8 Å². The Balaban J connectivity index is 1.47. The number of aromatic nitrogens is 2. The standard InChI is InChI=1S/C23H24N4O4S/c1-4-14-7-5-6-8-19(14)27-13-16(11-20(27)28)22-25-26-23(32-22)24-21(29)15-9-17(30-2)12-18(10-15)31-3/h5-10,12,16H,4,11,13H2,1-3H3,(H,24,26,29)/t16-/m1/s1. The Morgan fingerprint density at radius 3 is 2.56 bits per heavy atom. The number of benzene rings is 2. The minimum Gasteiger partial charge on any atom is -0.497 e. The molecule has 1 aliphatic heterocycles. The van der Waals surface area contributed by atoms with Crippen molar-refractivity contribution >= 4 is 34.0 Å². The van der Waals surface area contributed by atoms with E-state index in [-0.39, 0.29) is 17.7 Å². The number of hydrogen-bond acceptors (Lipinski definition) is 7. The predicted molar refractivity (Wildman–Crippen MR) is 123 cm³/mol. The molecule has 1 fully saturated rings. The van der Waals surface area contributed by atoms with Crippen molar-refractivity contribution < 1.29 is 19.1 Å². The molecular weight excluding hydrogens is 428 g/mol. The first-order valence-electron chi connectivity index (χ1n) is 10.3. The van der Waals surface area contributed by atoms with Crippen molar-refractivity contribution in [2.75, 3.05) is 31.0 Å². The maximum Gasteiger partial charge on any atom is 0.257 e. The van der Waals surface area contributed by atoms with Gasteiger partial charge in [0, 0.05) is 36.2 Å². The van der Waals surface area contributed by atoms with E-state index in [0.29, 0.717) is 35.2 Å². The van der Waals surface area contributed by atoms with E-state index >= 15 is 0 Å². The second-order valence-corrected chi connectivity index (χ2v) is 8.40. The minimum atomic E-state index is -0.342. The number of carbonyl (C=O) groups excluding carboxylic acids is 2. The van der Waals surface area contributed by atoms with Gasteiger partial charge in [0.2, 0.25) is 11.0 Å². The Morgan fingerprint density at radius 2 is 1.88 bits per heavy atom. The molecule has 2 amide bonds. The number of anilines is 2. The number of carbonyl (C=O) groups is 2. The molecule has 3 aromatic rings. The number of rotatable bonds is 7. The third-order valence-electron chi connectivity index (χ3n) is 5.41.